The fourth-order valence-electron chi connectivity index (χ4n) is 3.50. The molecule has 0 amide bonds. The molecule has 0 aromatic carbocycles. The van der Waals surface area contributed by atoms with Crippen LogP contribution < -0.4 is 0 Å². The number of hydrogen-bond donors (Lipinski definition) is 1. The number of aliphatic hydroxyl groups is 1. The van der Waals surface area contributed by atoms with Crippen LogP contribution >= 0.6 is 0 Å². The molecule has 4 aliphatic rings. The van der Waals surface area contributed by atoms with Gasteiger partial charge in [-0.3, -0.25) is 0 Å². The van der Waals surface area contributed by atoms with Gasteiger partial charge in [-0.2, -0.15) is 0 Å². The monoisotopic (exact) mass is 124 g/mol. The van der Waals surface area contributed by atoms with Crippen LogP contribution in [-0.4, -0.2) is 11.7 Å². The maximum Gasteiger partial charge on any atom is 0.0464 e. The van der Waals surface area contributed by atoms with Crippen LogP contribution in [0.15, 0.2) is 0 Å². The van der Waals surface area contributed by atoms with Gasteiger partial charge in [0.1, 0.15) is 0 Å². The molecule has 4 fully saturated rings. The molecule has 9 heavy (non-hydrogen) atoms. The van der Waals surface area contributed by atoms with Crippen LogP contribution in [0, 0.1) is 29.6 Å². The van der Waals surface area contributed by atoms with Gasteiger partial charge >= 0.3 is 0 Å². The summed E-state index contributed by atoms with van der Waals surface area (Å²) in [5.74, 6) is 4.81. The third-order valence-corrected chi connectivity index (χ3v) is 3.86. The second-order valence-corrected chi connectivity index (χ2v) is 3.98. The Labute approximate surface area is 55.1 Å². The van der Waals surface area contributed by atoms with Crippen LogP contribution in [0.2, 0.25) is 0 Å². The predicted molar refractivity (Wildman–Crippen MR) is 33.8 cm³/mol. The van der Waals surface area contributed by atoms with Crippen molar-refractivity contribution in [2.24, 2.45) is 29.6 Å². The van der Waals surface area contributed by atoms with Gasteiger partial charge in [-0.25, -0.2) is 0 Å². The molecule has 5 atom stereocenters. The third-order valence-electron chi connectivity index (χ3n) is 3.86. The molecule has 0 saturated heterocycles. The molecule has 0 aromatic rings. The summed E-state index contributed by atoms with van der Waals surface area (Å²) >= 11 is 0. The van der Waals surface area contributed by atoms with E-state index in [0.29, 0.717) is 6.61 Å². The van der Waals surface area contributed by atoms with E-state index in [-0.39, 0.29) is 0 Å². The minimum atomic E-state index is 0.475. The molecule has 4 saturated carbocycles. The molecule has 4 rings (SSSR count). The molecule has 1 N–H and O–H groups in total. The Balaban J connectivity index is 1.95. The molecule has 3 unspecified atom stereocenters. The van der Waals surface area contributed by atoms with Crippen LogP contribution in [0.25, 0.3) is 0 Å². The predicted octanol–water partition coefficient (Wildman–Crippen LogP) is 0.881. The van der Waals surface area contributed by atoms with Crippen LogP contribution in [0.5, 0.6) is 0 Å². The maximum atomic E-state index is 8.96. The summed E-state index contributed by atoms with van der Waals surface area (Å²) in [7, 11) is 0. The van der Waals surface area contributed by atoms with Crippen molar-refractivity contribution in [3.63, 3.8) is 0 Å². The Kier molecular flexibility index (Phi) is 0.628. The van der Waals surface area contributed by atoms with E-state index >= 15 is 0 Å². The lowest BCUT2D eigenvalue weighted by atomic mass is 10.00. The number of hydrogen-bond acceptors (Lipinski definition) is 1. The standard InChI is InChI=1S/C8H12O/c9-3-7-4-1-5-6(2-4)8(5)7/h4-9H,1-3H2/t4?,5-,6?,7-,8?/m0/s1. The van der Waals surface area contributed by atoms with Crippen LogP contribution in [0.3, 0.4) is 0 Å². The second-order valence-electron chi connectivity index (χ2n) is 3.98. The molecule has 0 spiro atoms. The first kappa shape index (κ1) is 4.73. The van der Waals surface area contributed by atoms with Crippen molar-refractivity contribution in [3.8, 4) is 0 Å². The number of rotatable bonds is 1. The van der Waals surface area contributed by atoms with E-state index in [0.717, 1.165) is 29.6 Å². The molecule has 0 aromatic heterocycles. The zero-order valence-corrected chi connectivity index (χ0v) is 5.46. The van der Waals surface area contributed by atoms with E-state index in [1.165, 1.54) is 12.8 Å². The van der Waals surface area contributed by atoms with Crippen LogP contribution in [0.1, 0.15) is 12.8 Å². The van der Waals surface area contributed by atoms with Gasteiger partial charge in [-0.15, -0.1) is 0 Å². The fraction of sp³-hybridized carbons (Fsp3) is 1.00. The molecule has 4 bridgehead atoms. The molecular formula is C8H12O. The summed E-state index contributed by atoms with van der Waals surface area (Å²) in [6.07, 6.45) is 2.92. The molecule has 0 heterocycles. The van der Waals surface area contributed by atoms with E-state index < -0.39 is 0 Å². The fourth-order valence-corrected chi connectivity index (χ4v) is 3.50. The Morgan fingerprint density at radius 2 is 1.89 bits per heavy atom. The smallest absolute Gasteiger partial charge is 0.0464 e. The van der Waals surface area contributed by atoms with Crippen molar-refractivity contribution in [1.29, 1.82) is 0 Å². The Morgan fingerprint density at radius 1 is 1.22 bits per heavy atom. The molecule has 0 aliphatic heterocycles. The first-order valence-electron chi connectivity index (χ1n) is 4.02. The lowest BCUT2D eigenvalue weighted by Crippen LogP contribution is -2.09. The van der Waals surface area contributed by atoms with E-state index in [2.05, 4.69) is 0 Å². The van der Waals surface area contributed by atoms with Crippen molar-refractivity contribution in [2.45, 2.75) is 12.8 Å². The van der Waals surface area contributed by atoms with E-state index in [1.54, 1.807) is 0 Å². The quantitative estimate of drug-likeness (QED) is 0.550. The first-order valence-corrected chi connectivity index (χ1v) is 4.02. The van der Waals surface area contributed by atoms with Gasteiger partial charge in [0, 0.05) is 6.61 Å². The zero-order valence-electron chi connectivity index (χ0n) is 5.46. The third kappa shape index (κ3) is 0.362. The summed E-state index contributed by atoms with van der Waals surface area (Å²) in [6.45, 7) is 0.475. The average Bonchev–Trinajstić information content (AvgIpc) is 2.40. The van der Waals surface area contributed by atoms with E-state index in [4.69, 9.17) is 5.11 Å². The van der Waals surface area contributed by atoms with Crippen molar-refractivity contribution < 1.29 is 5.11 Å². The van der Waals surface area contributed by atoms with E-state index in [9.17, 15) is 0 Å². The van der Waals surface area contributed by atoms with Crippen molar-refractivity contribution >= 4 is 0 Å². The molecule has 50 valence electrons. The Bertz CT molecular complexity index is 141. The summed E-state index contributed by atoms with van der Waals surface area (Å²) in [5.41, 5.74) is 0. The summed E-state index contributed by atoms with van der Waals surface area (Å²) in [6, 6.07) is 0. The van der Waals surface area contributed by atoms with Crippen molar-refractivity contribution in [1.82, 2.24) is 0 Å². The van der Waals surface area contributed by atoms with E-state index in [1.807, 2.05) is 0 Å². The topological polar surface area (TPSA) is 20.2 Å². The van der Waals surface area contributed by atoms with Crippen LogP contribution in [0.4, 0.5) is 0 Å². The van der Waals surface area contributed by atoms with Gasteiger partial charge in [0.2, 0.25) is 0 Å². The normalized spacial score (nSPS) is 67.0. The van der Waals surface area contributed by atoms with Gasteiger partial charge < -0.3 is 5.11 Å². The highest BCUT2D eigenvalue weighted by atomic mass is 16.3. The highest BCUT2D eigenvalue weighted by Crippen LogP contribution is 2.72. The lowest BCUT2D eigenvalue weighted by Gasteiger charge is -2.08. The first-order chi connectivity index (χ1) is 4.42. The number of aliphatic hydroxyl groups excluding tert-OH is 1. The van der Waals surface area contributed by atoms with Gasteiger partial charge in [-0.1, -0.05) is 0 Å². The highest BCUT2D eigenvalue weighted by molar-refractivity contribution is 5.15. The molecule has 4 aliphatic carbocycles. The average molecular weight is 124 g/mol. The molecule has 1 nitrogen and oxygen atoms in total. The largest absolute Gasteiger partial charge is 0.396 e. The minimum absolute atomic E-state index is 0.475. The summed E-state index contributed by atoms with van der Waals surface area (Å²) < 4.78 is 0. The van der Waals surface area contributed by atoms with Gasteiger partial charge in [0.05, 0.1) is 0 Å². The van der Waals surface area contributed by atoms with Gasteiger partial charge in [0.25, 0.3) is 0 Å². The summed E-state index contributed by atoms with van der Waals surface area (Å²) in [5, 5.41) is 8.96. The molecular weight excluding hydrogens is 112 g/mol. The van der Waals surface area contributed by atoms with Crippen molar-refractivity contribution in [3.05, 3.63) is 0 Å². The summed E-state index contributed by atoms with van der Waals surface area (Å²) in [4.78, 5) is 0. The second kappa shape index (κ2) is 1.20. The maximum absolute atomic E-state index is 8.96. The molecule has 0 radical (unpaired) electrons. The Hall–Kier alpha value is -0.0400. The van der Waals surface area contributed by atoms with Gasteiger partial charge in [-0.05, 0) is 42.4 Å². The lowest BCUT2D eigenvalue weighted by molar-refractivity contribution is 0.197. The highest BCUT2D eigenvalue weighted by Gasteiger charge is 2.67. The molecule has 1 heteroatoms. The van der Waals surface area contributed by atoms with Crippen LogP contribution in [-0.2, 0) is 0 Å². The zero-order chi connectivity index (χ0) is 6.01. The minimum Gasteiger partial charge on any atom is -0.396 e. The SMILES string of the molecule is OC[C@H]1C2CC3C1[C@H]3C2. The van der Waals surface area contributed by atoms with Crippen molar-refractivity contribution in [2.75, 3.05) is 6.61 Å². The van der Waals surface area contributed by atoms with Gasteiger partial charge in [0.15, 0.2) is 0 Å². The Morgan fingerprint density at radius 3 is 2.11 bits per heavy atom.